The fourth-order valence-corrected chi connectivity index (χ4v) is 3.69. The van der Waals surface area contributed by atoms with E-state index in [9.17, 15) is 29.4 Å². The number of halogens is 1. The lowest BCUT2D eigenvalue weighted by molar-refractivity contribution is -0.139. The van der Waals surface area contributed by atoms with Crippen molar-refractivity contribution in [3.05, 3.63) is 64.2 Å². The molecule has 0 aliphatic rings. The number of rotatable bonds is 12. The van der Waals surface area contributed by atoms with Crippen LogP contribution < -0.4 is 21.7 Å². The molecule has 3 amide bonds. The average molecular weight is 523 g/mol. The summed E-state index contributed by atoms with van der Waals surface area (Å²) in [6.07, 6.45) is 2.31. The lowest BCUT2D eigenvalue weighted by Gasteiger charge is -2.18. The Kier molecular flexibility index (Phi) is 10.8. The van der Waals surface area contributed by atoms with Gasteiger partial charge in [-0.1, -0.05) is 23.7 Å². The second-order valence-corrected chi connectivity index (χ2v) is 8.94. The first kappa shape index (κ1) is 28.0. The summed E-state index contributed by atoms with van der Waals surface area (Å²) in [7, 11) is 0. The summed E-state index contributed by atoms with van der Waals surface area (Å²) < 4.78 is 0. The summed E-state index contributed by atoms with van der Waals surface area (Å²) in [6, 6.07) is 8.18. The molecule has 0 unspecified atom stereocenters. The van der Waals surface area contributed by atoms with Crippen molar-refractivity contribution in [2.24, 2.45) is 5.73 Å². The SMILES string of the molecule is CSCC[C@H](N)C(=O)NC[C@H](NC(=O)c1ccc(C(=O)NCc2cccc(O)c2)cc1Cl)C(=O)O. The Balaban J connectivity index is 1.98. The normalized spacial score (nSPS) is 12.3. The van der Waals surface area contributed by atoms with E-state index in [2.05, 4.69) is 16.0 Å². The van der Waals surface area contributed by atoms with Crippen LogP contribution in [-0.2, 0) is 16.1 Å². The van der Waals surface area contributed by atoms with Crippen LogP contribution in [0.5, 0.6) is 5.75 Å². The van der Waals surface area contributed by atoms with Crippen molar-refractivity contribution in [1.29, 1.82) is 0 Å². The highest BCUT2D eigenvalue weighted by molar-refractivity contribution is 7.98. The predicted molar refractivity (Wildman–Crippen MR) is 134 cm³/mol. The van der Waals surface area contributed by atoms with E-state index in [1.807, 2.05) is 6.26 Å². The molecule has 0 fully saturated rings. The molecule has 0 saturated heterocycles. The number of carbonyl (C=O) groups is 4. The summed E-state index contributed by atoms with van der Waals surface area (Å²) >= 11 is 7.71. The van der Waals surface area contributed by atoms with Crippen molar-refractivity contribution in [2.75, 3.05) is 18.6 Å². The lowest BCUT2D eigenvalue weighted by atomic mass is 10.1. The Morgan fingerprint density at radius 2 is 1.83 bits per heavy atom. The zero-order valence-corrected chi connectivity index (χ0v) is 20.5. The van der Waals surface area contributed by atoms with E-state index in [-0.39, 0.29) is 35.0 Å². The predicted octanol–water partition coefficient (Wildman–Crippen LogP) is 1.36. The molecule has 0 aromatic heterocycles. The summed E-state index contributed by atoms with van der Waals surface area (Å²) in [5.41, 5.74) is 6.60. The third-order valence-electron chi connectivity index (χ3n) is 4.89. The number of thioether (sulfide) groups is 1. The van der Waals surface area contributed by atoms with Crippen molar-refractivity contribution in [2.45, 2.75) is 25.0 Å². The maximum absolute atomic E-state index is 12.6. The van der Waals surface area contributed by atoms with Crippen molar-refractivity contribution < 1.29 is 29.4 Å². The molecule has 0 aliphatic heterocycles. The highest BCUT2D eigenvalue weighted by Crippen LogP contribution is 2.19. The minimum atomic E-state index is -1.42. The van der Waals surface area contributed by atoms with Crippen LogP contribution in [0.25, 0.3) is 0 Å². The van der Waals surface area contributed by atoms with E-state index in [4.69, 9.17) is 17.3 Å². The third-order valence-corrected chi connectivity index (χ3v) is 5.85. The zero-order valence-electron chi connectivity index (χ0n) is 18.9. The van der Waals surface area contributed by atoms with Crippen LogP contribution in [0.3, 0.4) is 0 Å². The van der Waals surface area contributed by atoms with Gasteiger partial charge in [-0.3, -0.25) is 14.4 Å². The summed E-state index contributed by atoms with van der Waals surface area (Å²) in [5.74, 6) is -2.35. The number of hydrogen-bond donors (Lipinski definition) is 6. The first-order valence-electron chi connectivity index (χ1n) is 10.5. The number of amides is 3. The van der Waals surface area contributed by atoms with E-state index in [1.54, 1.807) is 12.1 Å². The van der Waals surface area contributed by atoms with Gasteiger partial charge in [-0.2, -0.15) is 11.8 Å². The van der Waals surface area contributed by atoms with Crippen LogP contribution >= 0.6 is 23.4 Å². The monoisotopic (exact) mass is 522 g/mol. The molecule has 2 aromatic rings. The zero-order chi connectivity index (χ0) is 26.0. The number of nitrogens with two attached hydrogens (primary N) is 1. The molecular weight excluding hydrogens is 496 g/mol. The number of nitrogens with one attached hydrogen (secondary N) is 3. The fraction of sp³-hybridized carbons (Fsp3) is 0.304. The summed E-state index contributed by atoms with van der Waals surface area (Å²) in [6.45, 7) is -0.194. The maximum Gasteiger partial charge on any atom is 0.328 e. The van der Waals surface area contributed by atoms with E-state index in [0.29, 0.717) is 17.7 Å². The van der Waals surface area contributed by atoms with Gasteiger partial charge in [0.25, 0.3) is 11.8 Å². The third kappa shape index (κ3) is 8.78. The molecule has 2 rings (SSSR count). The summed E-state index contributed by atoms with van der Waals surface area (Å²) in [4.78, 5) is 48.6. The van der Waals surface area contributed by atoms with Gasteiger partial charge in [0.2, 0.25) is 5.91 Å². The van der Waals surface area contributed by atoms with Crippen LogP contribution in [0.2, 0.25) is 5.02 Å². The van der Waals surface area contributed by atoms with E-state index >= 15 is 0 Å². The van der Waals surface area contributed by atoms with Crippen LogP contribution in [0.4, 0.5) is 0 Å². The molecule has 2 atom stereocenters. The van der Waals surface area contributed by atoms with Gasteiger partial charge in [-0.05, 0) is 54.3 Å². The molecule has 10 nitrogen and oxygen atoms in total. The number of aromatic hydroxyl groups is 1. The highest BCUT2D eigenvalue weighted by Gasteiger charge is 2.24. The van der Waals surface area contributed by atoms with Crippen LogP contribution in [-0.4, -0.2) is 64.5 Å². The van der Waals surface area contributed by atoms with Gasteiger partial charge in [0.05, 0.1) is 16.6 Å². The molecule has 2 aromatic carbocycles. The molecule has 35 heavy (non-hydrogen) atoms. The molecule has 12 heteroatoms. The largest absolute Gasteiger partial charge is 0.508 e. The van der Waals surface area contributed by atoms with E-state index in [1.165, 1.54) is 42.1 Å². The van der Waals surface area contributed by atoms with Crippen LogP contribution in [0, 0.1) is 0 Å². The Hall–Kier alpha value is -3.28. The topological polar surface area (TPSA) is 171 Å². The van der Waals surface area contributed by atoms with Crippen molar-refractivity contribution in [3.63, 3.8) is 0 Å². The van der Waals surface area contributed by atoms with Gasteiger partial charge in [0.15, 0.2) is 0 Å². The number of carboxylic acids is 1. The van der Waals surface area contributed by atoms with Crippen molar-refractivity contribution in [3.8, 4) is 5.75 Å². The van der Waals surface area contributed by atoms with Gasteiger partial charge < -0.3 is 31.9 Å². The minimum Gasteiger partial charge on any atom is -0.508 e. The second-order valence-electron chi connectivity index (χ2n) is 7.54. The molecule has 0 saturated carbocycles. The average Bonchev–Trinajstić information content (AvgIpc) is 2.82. The van der Waals surface area contributed by atoms with Crippen LogP contribution in [0.1, 0.15) is 32.7 Å². The van der Waals surface area contributed by atoms with Crippen LogP contribution in [0.15, 0.2) is 42.5 Å². The molecule has 0 radical (unpaired) electrons. The second kappa shape index (κ2) is 13.6. The fourth-order valence-electron chi connectivity index (χ4n) is 2.94. The number of phenolic OH excluding ortho intramolecular Hbond substituents is 1. The first-order chi connectivity index (χ1) is 16.6. The number of aliphatic carboxylic acids is 1. The number of phenols is 1. The molecule has 0 heterocycles. The van der Waals surface area contributed by atoms with Crippen molar-refractivity contribution >= 4 is 47.1 Å². The number of carboxylic acid groups (broad SMARTS) is 1. The van der Waals surface area contributed by atoms with E-state index in [0.717, 1.165) is 0 Å². The van der Waals surface area contributed by atoms with Crippen molar-refractivity contribution in [1.82, 2.24) is 16.0 Å². The smallest absolute Gasteiger partial charge is 0.328 e. The van der Waals surface area contributed by atoms with Gasteiger partial charge >= 0.3 is 5.97 Å². The molecule has 0 spiro atoms. The maximum atomic E-state index is 12.6. The summed E-state index contributed by atoms with van der Waals surface area (Å²) in [5, 5.41) is 26.3. The Labute approximate surface area is 211 Å². The minimum absolute atomic E-state index is 0.0366. The van der Waals surface area contributed by atoms with E-state index < -0.39 is 35.8 Å². The van der Waals surface area contributed by atoms with Gasteiger partial charge in [-0.15, -0.1) is 0 Å². The van der Waals surface area contributed by atoms with Gasteiger partial charge in [0.1, 0.15) is 11.8 Å². The Bertz CT molecular complexity index is 1080. The number of carbonyl (C=O) groups excluding carboxylic acids is 3. The Morgan fingerprint density at radius 1 is 1.09 bits per heavy atom. The quantitative estimate of drug-likeness (QED) is 0.242. The van der Waals surface area contributed by atoms with Gasteiger partial charge in [-0.25, -0.2) is 4.79 Å². The standard InChI is InChI=1S/C23H27ClN4O6S/c1-35-8-7-18(25)22(32)27-12-19(23(33)34)28-21(31)16-6-5-14(10-17(16)24)20(30)26-11-13-3-2-4-15(29)9-13/h2-6,9-10,18-19,29H,7-8,11-12,25H2,1H3,(H,26,30)(H,27,32)(H,28,31)(H,33,34)/t18-,19-/m0/s1. The molecule has 0 bridgehead atoms. The van der Waals surface area contributed by atoms with Gasteiger partial charge in [0, 0.05) is 18.7 Å². The molecule has 7 N–H and O–H groups in total. The molecular formula is C23H27ClN4O6S. The lowest BCUT2D eigenvalue weighted by Crippen LogP contribution is -2.51. The molecule has 0 aliphatic carbocycles. The Morgan fingerprint density at radius 3 is 2.46 bits per heavy atom. The number of hydrogen-bond acceptors (Lipinski definition) is 7. The molecule has 188 valence electrons. The number of benzene rings is 2. The highest BCUT2D eigenvalue weighted by atomic mass is 35.5. The first-order valence-corrected chi connectivity index (χ1v) is 12.3.